The van der Waals surface area contributed by atoms with Crippen LogP contribution >= 0.6 is 11.8 Å². The van der Waals surface area contributed by atoms with Crippen molar-refractivity contribution in [3.63, 3.8) is 0 Å². The molecule has 3 aliphatic rings. The summed E-state index contributed by atoms with van der Waals surface area (Å²) in [6.07, 6.45) is 5.01. The second-order valence-corrected chi connectivity index (χ2v) is 8.89. The summed E-state index contributed by atoms with van der Waals surface area (Å²) in [6, 6.07) is 0. The number of methoxy groups -OCH3 is 2. The van der Waals surface area contributed by atoms with E-state index in [4.69, 9.17) is 18.9 Å². The Kier molecular flexibility index (Phi) is 5.99. The first-order valence-electron chi connectivity index (χ1n) is 9.67. The van der Waals surface area contributed by atoms with Crippen LogP contribution in [0.4, 0.5) is 0 Å². The highest BCUT2D eigenvalue weighted by Crippen LogP contribution is 2.61. The molecule has 0 N–H and O–H groups in total. The van der Waals surface area contributed by atoms with Crippen LogP contribution in [0.25, 0.3) is 0 Å². The predicted molar refractivity (Wildman–Crippen MR) is 106 cm³/mol. The summed E-state index contributed by atoms with van der Waals surface area (Å²) < 4.78 is 23.2. The molecule has 6 atom stereocenters. The molecular weight excluding hydrogens is 380 g/mol. The van der Waals surface area contributed by atoms with Crippen molar-refractivity contribution in [1.29, 1.82) is 0 Å². The molecule has 6 nitrogen and oxygen atoms in total. The van der Waals surface area contributed by atoms with Crippen molar-refractivity contribution in [2.45, 2.75) is 58.0 Å². The van der Waals surface area contributed by atoms with Crippen molar-refractivity contribution >= 4 is 23.7 Å². The Morgan fingerprint density at radius 2 is 2.04 bits per heavy atom. The van der Waals surface area contributed by atoms with Gasteiger partial charge in [-0.25, -0.2) is 9.59 Å². The molecule has 28 heavy (non-hydrogen) atoms. The first-order valence-corrected chi connectivity index (χ1v) is 11.0. The van der Waals surface area contributed by atoms with E-state index in [1.807, 2.05) is 6.26 Å². The van der Waals surface area contributed by atoms with Crippen molar-refractivity contribution in [2.24, 2.45) is 17.3 Å². The fourth-order valence-corrected chi connectivity index (χ4v) is 5.66. The molecular formula is C21H30O6S. The third kappa shape index (κ3) is 3.12. The van der Waals surface area contributed by atoms with E-state index in [2.05, 4.69) is 13.8 Å². The summed E-state index contributed by atoms with van der Waals surface area (Å²) >= 11 is 1.46. The Hall–Kier alpha value is -1.31. The van der Waals surface area contributed by atoms with Crippen LogP contribution in [0, 0.1) is 17.3 Å². The van der Waals surface area contributed by atoms with Gasteiger partial charge in [-0.3, -0.25) is 0 Å². The lowest BCUT2D eigenvalue weighted by Gasteiger charge is -2.58. The van der Waals surface area contributed by atoms with Gasteiger partial charge in [-0.05, 0) is 37.3 Å². The van der Waals surface area contributed by atoms with E-state index in [1.54, 1.807) is 26.6 Å². The Labute approximate surface area is 171 Å². The minimum Gasteiger partial charge on any atom is -0.459 e. The van der Waals surface area contributed by atoms with Crippen molar-refractivity contribution in [3.8, 4) is 0 Å². The number of rotatable bonds is 5. The summed E-state index contributed by atoms with van der Waals surface area (Å²) in [7, 11) is 3.24. The van der Waals surface area contributed by atoms with Crippen molar-refractivity contribution in [2.75, 3.05) is 20.5 Å². The number of thioether (sulfide) groups is 1. The van der Waals surface area contributed by atoms with Crippen LogP contribution in [0.15, 0.2) is 22.6 Å². The molecule has 156 valence electrons. The Morgan fingerprint density at radius 3 is 2.64 bits per heavy atom. The molecule has 0 saturated heterocycles. The Bertz CT molecular complexity index is 716. The molecule has 1 aliphatic heterocycles. The molecule has 3 rings (SSSR count). The number of ether oxygens (including phenoxy) is 4. The van der Waals surface area contributed by atoms with Gasteiger partial charge < -0.3 is 18.9 Å². The van der Waals surface area contributed by atoms with Gasteiger partial charge in [0.1, 0.15) is 6.10 Å². The molecule has 0 bridgehead atoms. The van der Waals surface area contributed by atoms with Gasteiger partial charge in [0.2, 0.25) is 5.79 Å². The monoisotopic (exact) mass is 410 g/mol. The molecule has 2 aliphatic carbocycles. The van der Waals surface area contributed by atoms with Gasteiger partial charge in [-0.1, -0.05) is 13.8 Å². The second kappa shape index (κ2) is 7.84. The molecule has 0 aromatic heterocycles. The quantitative estimate of drug-likeness (QED) is 0.508. The summed E-state index contributed by atoms with van der Waals surface area (Å²) in [4.78, 5) is 24.5. The minimum atomic E-state index is -1.05. The fourth-order valence-electron chi connectivity index (χ4n) is 5.41. The van der Waals surface area contributed by atoms with E-state index in [1.165, 1.54) is 17.8 Å². The van der Waals surface area contributed by atoms with E-state index in [0.717, 1.165) is 18.4 Å². The zero-order valence-electron chi connectivity index (χ0n) is 17.4. The molecule has 0 aromatic carbocycles. The smallest absolute Gasteiger partial charge is 0.336 e. The number of carbonyl (C=O) groups is 2. The van der Waals surface area contributed by atoms with Gasteiger partial charge in [0.15, 0.2) is 0 Å². The molecule has 6 unspecified atom stereocenters. The topological polar surface area (TPSA) is 71.1 Å². The van der Waals surface area contributed by atoms with Crippen molar-refractivity contribution in [3.05, 3.63) is 22.6 Å². The lowest BCUT2D eigenvalue weighted by molar-refractivity contribution is -0.243. The van der Waals surface area contributed by atoms with Gasteiger partial charge in [0.05, 0.1) is 6.10 Å². The molecule has 0 aromatic rings. The zero-order chi connectivity index (χ0) is 20.7. The van der Waals surface area contributed by atoms with E-state index < -0.39 is 5.79 Å². The second-order valence-electron chi connectivity index (χ2n) is 8.15. The molecule has 2 saturated carbocycles. The standard InChI is InChI=1S/C21H30O6S/c1-12-17-18(24-4)20(3)13(2)15(26-16(22)9-10-28-6)8-7-14(20)11-21(17,25-5)27-19(12)23/h9-10,13-15,18H,7-8,11H2,1-6H3/b10-9+. The van der Waals surface area contributed by atoms with Gasteiger partial charge in [0, 0.05) is 49.2 Å². The summed E-state index contributed by atoms with van der Waals surface area (Å²) in [5.41, 5.74) is 1.03. The fraction of sp³-hybridized carbons (Fsp3) is 0.714. The van der Waals surface area contributed by atoms with Crippen LogP contribution < -0.4 is 0 Å². The number of fused-ring (bicyclic) bond motifs is 2. The number of hydrogen-bond donors (Lipinski definition) is 0. The third-order valence-corrected chi connectivity index (χ3v) is 7.52. The lowest BCUT2D eigenvalue weighted by atomic mass is 9.51. The van der Waals surface area contributed by atoms with Crippen LogP contribution in [0.2, 0.25) is 0 Å². The van der Waals surface area contributed by atoms with Crippen LogP contribution in [0.5, 0.6) is 0 Å². The maximum absolute atomic E-state index is 12.4. The molecule has 1 heterocycles. The summed E-state index contributed by atoms with van der Waals surface area (Å²) in [5.74, 6) is -1.45. The summed E-state index contributed by atoms with van der Waals surface area (Å²) in [6.45, 7) is 6.06. The average Bonchev–Trinajstić information content (AvgIpc) is 2.92. The highest BCUT2D eigenvalue weighted by atomic mass is 32.2. The molecule has 0 amide bonds. The predicted octanol–water partition coefficient (Wildman–Crippen LogP) is 3.46. The maximum atomic E-state index is 12.4. The van der Waals surface area contributed by atoms with Crippen molar-refractivity contribution < 1.29 is 28.5 Å². The van der Waals surface area contributed by atoms with Crippen LogP contribution in [0.3, 0.4) is 0 Å². The highest BCUT2D eigenvalue weighted by molar-refractivity contribution is 8.01. The number of hydrogen-bond acceptors (Lipinski definition) is 7. The largest absolute Gasteiger partial charge is 0.459 e. The Balaban J connectivity index is 1.96. The normalized spacial score (nSPS) is 40.3. The number of carbonyl (C=O) groups excluding carboxylic acids is 2. The van der Waals surface area contributed by atoms with E-state index in [-0.39, 0.29) is 41.4 Å². The molecule has 0 radical (unpaired) electrons. The molecule has 0 spiro atoms. The van der Waals surface area contributed by atoms with E-state index in [0.29, 0.717) is 12.0 Å². The zero-order valence-corrected chi connectivity index (χ0v) is 18.3. The van der Waals surface area contributed by atoms with Crippen LogP contribution in [-0.4, -0.2) is 50.4 Å². The SMILES string of the molecule is COC1C2=C(C)C(=O)OC2(OC)CC2CCC(OC(=O)/C=C/SC)C(C)C21C. The van der Waals surface area contributed by atoms with Gasteiger partial charge in [-0.15, -0.1) is 11.8 Å². The Morgan fingerprint density at radius 1 is 1.32 bits per heavy atom. The number of esters is 2. The van der Waals surface area contributed by atoms with Gasteiger partial charge in [0.25, 0.3) is 0 Å². The van der Waals surface area contributed by atoms with Crippen molar-refractivity contribution in [1.82, 2.24) is 0 Å². The van der Waals surface area contributed by atoms with Gasteiger partial charge in [-0.2, -0.15) is 0 Å². The highest BCUT2D eigenvalue weighted by Gasteiger charge is 2.65. The van der Waals surface area contributed by atoms with E-state index >= 15 is 0 Å². The van der Waals surface area contributed by atoms with Crippen LogP contribution in [-0.2, 0) is 28.5 Å². The average molecular weight is 411 g/mol. The first-order chi connectivity index (χ1) is 13.2. The van der Waals surface area contributed by atoms with E-state index in [9.17, 15) is 9.59 Å². The maximum Gasteiger partial charge on any atom is 0.336 e. The first kappa shape index (κ1) is 21.4. The minimum absolute atomic E-state index is 0.0497. The summed E-state index contributed by atoms with van der Waals surface area (Å²) in [5, 5.41) is 1.72. The van der Waals surface area contributed by atoms with Crippen LogP contribution in [0.1, 0.15) is 40.0 Å². The van der Waals surface area contributed by atoms with Gasteiger partial charge >= 0.3 is 11.9 Å². The molecule has 2 fully saturated rings. The third-order valence-electron chi connectivity index (χ3n) is 7.11. The molecule has 7 heteroatoms. The lowest BCUT2D eigenvalue weighted by Crippen LogP contribution is -2.61.